The SMILES string of the molecule is COc1cc(/C=C/C(=O)OCC(=O)N2[C@H](C)CCC[C@H]2C)cc(OC)c1OC. The van der Waals surface area contributed by atoms with Crippen molar-refractivity contribution in [3.63, 3.8) is 0 Å². The van der Waals surface area contributed by atoms with Gasteiger partial charge in [0, 0.05) is 18.2 Å². The number of hydrogen-bond acceptors (Lipinski definition) is 6. The van der Waals surface area contributed by atoms with Gasteiger partial charge in [0.15, 0.2) is 18.1 Å². The second-order valence-electron chi connectivity index (χ2n) is 6.83. The Morgan fingerprint density at radius 3 is 2.11 bits per heavy atom. The molecule has 0 bridgehead atoms. The predicted molar refractivity (Wildman–Crippen MR) is 106 cm³/mol. The second kappa shape index (κ2) is 10.0. The van der Waals surface area contributed by atoms with Gasteiger partial charge in [0.05, 0.1) is 21.3 Å². The van der Waals surface area contributed by atoms with Crippen LogP contribution in [0.4, 0.5) is 0 Å². The van der Waals surface area contributed by atoms with Crippen LogP contribution in [0.2, 0.25) is 0 Å². The van der Waals surface area contributed by atoms with E-state index in [1.807, 2.05) is 18.7 Å². The third kappa shape index (κ3) is 5.18. The highest BCUT2D eigenvalue weighted by Gasteiger charge is 2.29. The summed E-state index contributed by atoms with van der Waals surface area (Å²) in [6.45, 7) is 3.80. The van der Waals surface area contributed by atoms with E-state index in [9.17, 15) is 9.59 Å². The molecule has 1 saturated heterocycles. The second-order valence-corrected chi connectivity index (χ2v) is 6.83. The first kappa shape index (κ1) is 21.6. The topological polar surface area (TPSA) is 74.3 Å². The lowest BCUT2D eigenvalue weighted by Gasteiger charge is -2.38. The summed E-state index contributed by atoms with van der Waals surface area (Å²) in [6, 6.07) is 3.77. The third-order valence-electron chi connectivity index (χ3n) is 4.92. The number of piperidine rings is 1. The van der Waals surface area contributed by atoms with Crippen LogP contribution in [-0.4, -0.2) is 56.8 Å². The molecule has 7 nitrogen and oxygen atoms in total. The number of nitrogens with zero attached hydrogens (tertiary/aromatic N) is 1. The molecule has 0 saturated carbocycles. The van der Waals surface area contributed by atoms with Crippen molar-refractivity contribution in [1.82, 2.24) is 4.90 Å². The molecule has 0 aromatic heterocycles. The van der Waals surface area contributed by atoms with Crippen molar-refractivity contribution in [1.29, 1.82) is 0 Å². The van der Waals surface area contributed by atoms with Crippen LogP contribution in [-0.2, 0) is 14.3 Å². The van der Waals surface area contributed by atoms with Gasteiger partial charge in [-0.25, -0.2) is 4.79 Å². The molecule has 1 heterocycles. The number of esters is 1. The summed E-state index contributed by atoms with van der Waals surface area (Å²) in [5.74, 6) is 0.699. The van der Waals surface area contributed by atoms with Crippen molar-refractivity contribution in [3.8, 4) is 17.2 Å². The number of carbonyl (C=O) groups excluding carboxylic acids is 2. The molecule has 2 rings (SSSR count). The maximum atomic E-state index is 12.4. The minimum atomic E-state index is -0.584. The minimum Gasteiger partial charge on any atom is -0.493 e. The lowest BCUT2D eigenvalue weighted by molar-refractivity contribution is -0.151. The van der Waals surface area contributed by atoms with E-state index >= 15 is 0 Å². The molecule has 1 aliphatic heterocycles. The van der Waals surface area contributed by atoms with Gasteiger partial charge in [-0.3, -0.25) is 4.79 Å². The molecular weight excluding hydrogens is 362 g/mol. The Hall–Kier alpha value is -2.70. The van der Waals surface area contributed by atoms with E-state index < -0.39 is 5.97 Å². The Morgan fingerprint density at radius 1 is 1.04 bits per heavy atom. The smallest absolute Gasteiger partial charge is 0.331 e. The van der Waals surface area contributed by atoms with Gasteiger partial charge in [-0.2, -0.15) is 0 Å². The van der Waals surface area contributed by atoms with Crippen molar-refractivity contribution in [2.75, 3.05) is 27.9 Å². The molecule has 1 fully saturated rings. The number of rotatable bonds is 7. The highest BCUT2D eigenvalue weighted by atomic mass is 16.5. The molecule has 2 atom stereocenters. The lowest BCUT2D eigenvalue weighted by atomic mass is 9.97. The van der Waals surface area contributed by atoms with E-state index in [-0.39, 0.29) is 24.6 Å². The molecule has 28 heavy (non-hydrogen) atoms. The van der Waals surface area contributed by atoms with Crippen LogP contribution in [0.15, 0.2) is 18.2 Å². The van der Waals surface area contributed by atoms with E-state index in [1.165, 1.54) is 27.4 Å². The summed E-state index contributed by atoms with van der Waals surface area (Å²) < 4.78 is 21.0. The highest BCUT2D eigenvalue weighted by molar-refractivity contribution is 5.89. The van der Waals surface area contributed by atoms with Crippen LogP contribution in [0.3, 0.4) is 0 Å². The van der Waals surface area contributed by atoms with Gasteiger partial charge >= 0.3 is 5.97 Å². The summed E-state index contributed by atoms with van der Waals surface area (Å²) in [7, 11) is 4.56. The minimum absolute atomic E-state index is 0.158. The predicted octanol–water partition coefficient (Wildman–Crippen LogP) is 3.06. The number of amides is 1. The van der Waals surface area contributed by atoms with E-state index in [0.29, 0.717) is 22.8 Å². The molecule has 154 valence electrons. The van der Waals surface area contributed by atoms with Crippen molar-refractivity contribution < 1.29 is 28.5 Å². The first-order chi connectivity index (χ1) is 13.4. The van der Waals surface area contributed by atoms with Crippen molar-refractivity contribution in [2.24, 2.45) is 0 Å². The van der Waals surface area contributed by atoms with Gasteiger partial charge in [-0.05, 0) is 56.9 Å². The number of benzene rings is 1. The first-order valence-corrected chi connectivity index (χ1v) is 9.37. The van der Waals surface area contributed by atoms with E-state index in [1.54, 1.807) is 18.2 Å². The van der Waals surface area contributed by atoms with Gasteiger partial charge in [0.1, 0.15) is 0 Å². The molecule has 1 aromatic rings. The van der Waals surface area contributed by atoms with Crippen LogP contribution in [0.5, 0.6) is 17.2 Å². The zero-order valence-electron chi connectivity index (χ0n) is 17.2. The summed E-state index contributed by atoms with van der Waals surface area (Å²) in [5, 5.41) is 0. The molecular formula is C21H29NO6. The highest BCUT2D eigenvalue weighted by Crippen LogP contribution is 2.38. The average Bonchev–Trinajstić information content (AvgIpc) is 2.69. The van der Waals surface area contributed by atoms with E-state index in [2.05, 4.69) is 0 Å². The summed E-state index contributed by atoms with van der Waals surface area (Å²) in [6.07, 6.45) is 5.92. The fourth-order valence-corrected chi connectivity index (χ4v) is 3.53. The van der Waals surface area contributed by atoms with Crippen LogP contribution in [0, 0.1) is 0 Å². The Kier molecular flexibility index (Phi) is 7.72. The zero-order valence-corrected chi connectivity index (χ0v) is 17.2. The Labute approximate surface area is 166 Å². The number of hydrogen-bond donors (Lipinski definition) is 0. The maximum Gasteiger partial charge on any atom is 0.331 e. The normalized spacial score (nSPS) is 19.4. The summed E-state index contributed by atoms with van der Waals surface area (Å²) >= 11 is 0. The van der Waals surface area contributed by atoms with Gasteiger partial charge in [0.25, 0.3) is 5.91 Å². The summed E-state index contributed by atoms with van der Waals surface area (Å²) in [4.78, 5) is 26.3. The fraction of sp³-hybridized carbons (Fsp3) is 0.524. The Morgan fingerprint density at radius 2 is 1.61 bits per heavy atom. The van der Waals surface area contributed by atoms with Gasteiger partial charge in [-0.1, -0.05) is 0 Å². The first-order valence-electron chi connectivity index (χ1n) is 9.37. The number of methoxy groups -OCH3 is 3. The monoisotopic (exact) mass is 391 g/mol. The molecule has 0 aliphatic carbocycles. The maximum absolute atomic E-state index is 12.4. The summed E-state index contributed by atoms with van der Waals surface area (Å²) in [5.41, 5.74) is 0.677. The van der Waals surface area contributed by atoms with Crippen LogP contribution < -0.4 is 14.2 Å². The molecule has 7 heteroatoms. The van der Waals surface area contributed by atoms with Gasteiger partial charge in [-0.15, -0.1) is 0 Å². The fourth-order valence-electron chi connectivity index (χ4n) is 3.53. The largest absolute Gasteiger partial charge is 0.493 e. The van der Waals surface area contributed by atoms with Crippen LogP contribution in [0.25, 0.3) is 6.08 Å². The number of carbonyl (C=O) groups is 2. The van der Waals surface area contributed by atoms with Crippen molar-refractivity contribution >= 4 is 18.0 Å². The zero-order chi connectivity index (χ0) is 20.7. The Bertz CT molecular complexity index is 695. The molecule has 1 amide bonds. The van der Waals surface area contributed by atoms with E-state index in [0.717, 1.165) is 19.3 Å². The number of ether oxygens (including phenoxy) is 4. The average molecular weight is 391 g/mol. The number of likely N-dealkylation sites (tertiary alicyclic amines) is 1. The third-order valence-corrected chi connectivity index (χ3v) is 4.92. The quantitative estimate of drug-likeness (QED) is 0.525. The molecule has 0 unspecified atom stereocenters. The molecule has 0 radical (unpaired) electrons. The van der Waals surface area contributed by atoms with Crippen LogP contribution in [0.1, 0.15) is 38.7 Å². The standard InChI is InChI=1S/C21H29NO6/c1-14-7-6-8-15(2)22(14)19(23)13-28-20(24)10-9-16-11-17(25-3)21(27-5)18(12-16)26-4/h9-12,14-15H,6-8,13H2,1-5H3/b10-9+/t14-,15-/m1/s1. The van der Waals surface area contributed by atoms with Gasteiger partial charge < -0.3 is 23.8 Å². The lowest BCUT2D eigenvalue weighted by Crippen LogP contribution is -2.49. The Balaban J connectivity index is 1.99. The molecule has 0 spiro atoms. The molecule has 1 aliphatic rings. The molecule has 1 aromatic carbocycles. The molecule has 0 N–H and O–H groups in total. The van der Waals surface area contributed by atoms with Crippen molar-refractivity contribution in [2.45, 2.75) is 45.2 Å². The van der Waals surface area contributed by atoms with Crippen molar-refractivity contribution in [3.05, 3.63) is 23.8 Å². The van der Waals surface area contributed by atoms with Crippen LogP contribution >= 0.6 is 0 Å². The van der Waals surface area contributed by atoms with E-state index in [4.69, 9.17) is 18.9 Å². The van der Waals surface area contributed by atoms with Gasteiger partial charge in [0.2, 0.25) is 5.75 Å².